The van der Waals surface area contributed by atoms with Crippen LogP contribution in [-0.4, -0.2) is 60.1 Å². The number of fused-ring (bicyclic) bond motifs is 1. The second-order valence-corrected chi connectivity index (χ2v) is 10.6. The summed E-state index contributed by atoms with van der Waals surface area (Å²) >= 11 is 6.62. The molecule has 0 amide bonds. The average molecular weight is 552 g/mol. The molecule has 1 fully saturated rings. The number of hydrogen-bond acceptors (Lipinski definition) is 6. The molecule has 39 heavy (non-hydrogen) atoms. The van der Waals surface area contributed by atoms with E-state index in [1.54, 1.807) is 38.9 Å². The highest BCUT2D eigenvalue weighted by Crippen LogP contribution is 2.32. The largest absolute Gasteiger partial charge is 0.383 e. The molecule has 2 heterocycles. The third kappa shape index (κ3) is 6.94. The quantitative estimate of drug-likeness (QED) is 0.241. The smallest absolute Gasteiger partial charge is 0.126 e. The molecule has 1 aliphatic carbocycles. The van der Waals surface area contributed by atoms with Crippen LogP contribution in [0.25, 0.3) is 22.2 Å². The van der Waals surface area contributed by atoms with Crippen LogP contribution in [0.1, 0.15) is 31.2 Å². The molecule has 9 heteroatoms. The number of nitrogens with one attached hydrogen (secondary N) is 2. The monoisotopic (exact) mass is 551 g/mol. The van der Waals surface area contributed by atoms with Crippen molar-refractivity contribution in [3.63, 3.8) is 0 Å². The molecule has 0 spiro atoms. The van der Waals surface area contributed by atoms with Gasteiger partial charge >= 0.3 is 0 Å². The Hall–Kier alpha value is -3.04. The third-order valence-electron chi connectivity index (χ3n) is 7.32. The van der Waals surface area contributed by atoms with E-state index in [0.717, 1.165) is 59.2 Å². The molecule has 1 saturated carbocycles. The Morgan fingerprint density at radius 3 is 2.51 bits per heavy atom. The van der Waals surface area contributed by atoms with Gasteiger partial charge in [0.2, 0.25) is 0 Å². The maximum Gasteiger partial charge on any atom is 0.126 e. The van der Waals surface area contributed by atoms with Crippen molar-refractivity contribution in [1.82, 2.24) is 19.9 Å². The van der Waals surface area contributed by atoms with Crippen molar-refractivity contribution < 1.29 is 13.9 Å². The Balaban J connectivity index is 1.27. The summed E-state index contributed by atoms with van der Waals surface area (Å²) in [6.07, 6.45) is 7.76. The number of pyridine rings is 1. The molecule has 206 valence electrons. The number of hydrogen-bond donors (Lipinski definition) is 2. The number of anilines is 1. The van der Waals surface area contributed by atoms with E-state index in [1.165, 1.54) is 6.07 Å². The average Bonchev–Trinajstić information content (AvgIpc) is 3.33. The standard InChI is InChI=1S/C30H35ClFN5O2/c1-38-17-25(18-39-2)35-23-7-9-24(10-8-23)36-30-14-26(27(31)15-33-30)21-6-11-28-29(13-21)37(19-34-28)16-20-4-3-5-22(32)12-20/h3-6,11-15,19,23-25,35H,7-10,16-18H2,1-2H3,(H,33,36). The van der Waals surface area contributed by atoms with Gasteiger partial charge in [-0.25, -0.2) is 14.4 Å². The van der Waals surface area contributed by atoms with Gasteiger partial charge in [-0.05, 0) is 67.1 Å². The topological polar surface area (TPSA) is 73.2 Å². The van der Waals surface area contributed by atoms with Gasteiger partial charge in [-0.2, -0.15) is 0 Å². The fourth-order valence-electron chi connectivity index (χ4n) is 5.41. The fraction of sp³-hybridized carbons (Fsp3) is 0.400. The highest BCUT2D eigenvalue weighted by molar-refractivity contribution is 6.33. The second kappa shape index (κ2) is 12.9. The highest BCUT2D eigenvalue weighted by Gasteiger charge is 2.24. The number of aromatic nitrogens is 3. The second-order valence-electron chi connectivity index (χ2n) is 10.2. The van der Waals surface area contributed by atoms with Crippen molar-refractivity contribution in [3.8, 4) is 11.1 Å². The number of imidazole rings is 1. The van der Waals surface area contributed by atoms with Crippen LogP contribution in [0.4, 0.5) is 10.2 Å². The molecule has 7 nitrogen and oxygen atoms in total. The number of benzene rings is 2. The first-order chi connectivity index (χ1) is 19.0. The molecule has 1 aliphatic rings. The van der Waals surface area contributed by atoms with Crippen LogP contribution in [0.2, 0.25) is 5.02 Å². The van der Waals surface area contributed by atoms with Crippen molar-refractivity contribution >= 4 is 28.5 Å². The summed E-state index contributed by atoms with van der Waals surface area (Å²) in [5.41, 5.74) is 4.61. The first-order valence-corrected chi connectivity index (χ1v) is 13.8. The maximum atomic E-state index is 13.7. The van der Waals surface area contributed by atoms with Crippen LogP contribution in [-0.2, 0) is 16.0 Å². The molecule has 0 unspecified atom stereocenters. The molecule has 2 N–H and O–H groups in total. The van der Waals surface area contributed by atoms with Gasteiger partial charge in [-0.3, -0.25) is 0 Å². The van der Waals surface area contributed by atoms with E-state index in [2.05, 4.69) is 26.7 Å². The molecule has 2 aromatic heterocycles. The zero-order chi connectivity index (χ0) is 27.2. The summed E-state index contributed by atoms with van der Waals surface area (Å²) in [6.45, 7) is 1.81. The molecular weight excluding hydrogens is 517 g/mol. The van der Waals surface area contributed by atoms with E-state index < -0.39 is 0 Å². The Morgan fingerprint density at radius 1 is 1.00 bits per heavy atom. The lowest BCUT2D eigenvalue weighted by Gasteiger charge is -2.32. The van der Waals surface area contributed by atoms with Crippen molar-refractivity contribution in [2.75, 3.05) is 32.8 Å². The summed E-state index contributed by atoms with van der Waals surface area (Å²) in [5, 5.41) is 7.89. The number of halogens is 2. The van der Waals surface area contributed by atoms with E-state index >= 15 is 0 Å². The molecule has 0 atom stereocenters. The lowest BCUT2D eigenvalue weighted by molar-refractivity contribution is 0.0939. The number of methoxy groups -OCH3 is 2. The first kappa shape index (κ1) is 27.5. The Morgan fingerprint density at radius 2 is 1.77 bits per heavy atom. The van der Waals surface area contributed by atoms with Gasteiger partial charge in [0.05, 0.1) is 41.6 Å². The van der Waals surface area contributed by atoms with Gasteiger partial charge in [0.25, 0.3) is 0 Å². The predicted molar refractivity (Wildman–Crippen MR) is 154 cm³/mol. The lowest BCUT2D eigenvalue weighted by Crippen LogP contribution is -2.46. The molecule has 5 rings (SSSR count). The minimum absolute atomic E-state index is 0.206. The molecule has 2 aromatic carbocycles. The van der Waals surface area contributed by atoms with Gasteiger partial charge in [-0.15, -0.1) is 0 Å². The van der Waals surface area contributed by atoms with E-state index in [9.17, 15) is 4.39 Å². The van der Waals surface area contributed by atoms with Crippen molar-refractivity contribution in [3.05, 3.63) is 77.5 Å². The van der Waals surface area contributed by atoms with Crippen molar-refractivity contribution in [2.45, 2.75) is 50.4 Å². The van der Waals surface area contributed by atoms with Gasteiger partial charge in [0.15, 0.2) is 0 Å². The third-order valence-corrected chi connectivity index (χ3v) is 7.62. The van der Waals surface area contributed by atoms with Crippen LogP contribution in [0, 0.1) is 5.82 Å². The number of rotatable bonds is 11. The number of ether oxygens (including phenoxy) is 2. The van der Waals surface area contributed by atoms with Crippen molar-refractivity contribution in [2.24, 2.45) is 0 Å². The Kier molecular flexibility index (Phi) is 9.09. The van der Waals surface area contributed by atoms with Gasteiger partial charge in [0, 0.05) is 44.6 Å². The molecular formula is C30H35ClFN5O2. The van der Waals surface area contributed by atoms with Gasteiger partial charge < -0.3 is 24.7 Å². The van der Waals surface area contributed by atoms with Crippen LogP contribution >= 0.6 is 11.6 Å². The zero-order valence-electron chi connectivity index (χ0n) is 22.4. The van der Waals surface area contributed by atoms with Gasteiger partial charge in [0.1, 0.15) is 11.6 Å². The molecule has 0 radical (unpaired) electrons. The summed E-state index contributed by atoms with van der Waals surface area (Å²) in [7, 11) is 3.44. The van der Waals surface area contributed by atoms with E-state index in [0.29, 0.717) is 36.9 Å². The normalized spacial score (nSPS) is 17.7. The van der Waals surface area contributed by atoms with Crippen LogP contribution in [0.5, 0.6) is 0 Å². The number of nitrogens with zero attached hydrogens (tertiary/aromatic N) is 3. The van der Waals surface area contributed by atoms with E-state index in [4.69, 9.17) is 21.1 Å². The van der Waals surface area contributed by atoms with E-state index in [-0.39, 0.29) is 11.9 Å². The maximum absolute atomic E-state index is 13.7. The zero-order valence-corrected chi connectivity index (χ0v) is 23.1. The van der Waals surface area contributed by atoms with Crippen LogP contribution < -0.4 is 10.6 Å². The van der Waals surface area contributed by atoms with Crippen molar-refractivity contribution in [1.29, 1.82) is 0 Å². The molecule has 0 bridgehead atoms. The molecule has 0 aliphatic heterocycles. The molecule has 4 aromatic rings. The van der Waals surface area contributed by atoms with Gasteiger partial charge in [-0.1, -0.05) is 29.8 Å². The van der Waals surface area contributed by atoms with Crippen LogP contribution in [0.3, 0.4) is 0 Å². The Labute approximate surface area is 233 Å². The Bertz CT molecular complexity index is 1380. The summed E-state index contributed by atoms with van der Waals surface area (Å²) in [5.74, 6) is 0.572. The highest BCUT2D eigenvalue weighted by atomic mass is 35.5. The summed E-state index contributed by atoms with van der Waals surface area (Å²) in [6, 6.07) is 15.8. The SMILES string of the molecule is COCC(COC)NC1CCC(Nc2cc(-c3ccc4ncn(Cc5cccc(F)c5)c4c3)c(Cl)cn2)CC1. The summed E-state index contributed by atoms with van der Waals surface area (Å²) in [4.78, 5) is 9.09. The fourth-order valence-corrected chi connectivity index (χ4v) is 5.63. The summed E-state index contributed by atoms with van der Waals surface area (Å²) < 4.78 is 26.4. The lowest BCUT2D eigenvalue weighted by atomic mass is 9.90. The minimum atomic E-state index is -0.243. The van der Waals surface area contributed by atoms with E-state index in [1.807, 2.05) is 28.8 Å². The predicted octanol–water partition coefficient (Wildman–Crippen LogP) is 5.91. The molecule has 0 saturated heterocycles. The van der Waals surface area contributed by atoms with Crippen LogP contribution in [0.15, 0.2) is 61.1 Å². The first-order valence-electron chi connectivity index (χ1n) is 13.4. The minimum Gasteiger partial charge on any atom is -0.383 e.